The van der Waals surface area contributed by atoms with Gasteiger partial charge < -0.3 is 21.0 Å². The molecule has 2 atom stereocenters. The average molecular weight is 215 g/mol. The van der Waals surface area contributed by atoms with Crippen molar-refractivity contribution in [2.24, 2.45) is 10.9 Å². The van der Waals surface area contributed by atoms with Gasteiger partial charge in [-0.3, -0.25) is 0 Å². The molecule has 15 heavy (non-hydrogen) atoms. The molecule has 5 heteroatoms. The van der Waals surface area contributed by atoms with Gasteiger partial charge in [-0.1, -0.05) is 5.16 Å². The zero-order valence-corrected chi connectivity index (χ0v) is 9.28. The molecular weight excluding hydrogens is 194 g/mol. The van der Waals surface area contributed by atoms with Gasteiger partial charge in [0.1, 0.15) is 5.84 Å². The Morgan fingerprint density at radius 3 is 3.00 bits per heavy atom. The molecule has 1 rings (SSSR count). The lowest BCUT2D eigenvalue weighted by molar-refractivity contribution is 0.113. The molecule has 0 aromatic carbocycles. The quantitative estimate of drug-likeness (QED) is 0.200. The zero-order valence-electron chi connectivity index (χ0n) is 9.28. The Labute approximate surface area is 90.7 Å². The second-order valence-corrected chi connectivity index (χ2v) is 3.97. The second kappa shape index (κ2) is 6.63. The molecule has 1 fully saturated rings. The van der Waals surface area contributed by atoms with Crippen molar-refractivity contribution in [3.8, 4) is 0 Å². The summed E-state index contributed by atoms with van der Waals surface area (Å²) in [6, 6.07) is 0.494. The highest BCUT2D eigenvalue weighted by Crippen LogP contribution is 2.12. The molecule has 5 nitrogen and oxygen atoms in total. The Morgan fingerprint density at radius 1 is 1.60 bits per heavy atom. The van der Waals surface area contributed by atoms with Gasteiger partial charge >= 0.3 is 0 Å². The molecule has 4 N–H and O–H groups in total. The van der Waals surface area contributed by atoms with Gasteiger partial charge in [0.05, 0.1) is 6.10 Å². The second-order valence-electron chi connectivity index (χ2n) is 3.97. The molecule has 2 unspecified atom stereocenters. The van der Waals surface area contributed by atoms with Gasteiger partial charge in [-0.15, -0.1) is 0 Å². The zero-order chi connectivity index (χ0) is 11.1. The Balaban J connectivity index is 1.97. The fourth-order valence-corrected chi connectivity index (χ4v) is 1.77. The van der Waals surface area contributed by atoms with Gasteiger partial charge in [0.2, 0.25) is 0 Å². The van der Waals surface area contributed by atoms with E-state index in [1.54, 1.807) is 0 Å². The molecule has 0 bridgehead atoms. The number of nitrogens with two attached hydrogens (primary N) is 1. The summed E-state index contributed by atoms with van der Waals surface area (Å²) >= 11 is 0. The van der Waals surface area contributed by atoms with Crippen LogP contribution in [-0.4, -0.2) is 36.3 Å². The third-order valence-electron chi connectivity index (χ3n) is 2.77. The number of ether oxygens (including phenoxy) is 1. The predicted octanol–water partition coefficient (Wildman–Crippen LogP) is 0.670. The van der Waals surface area contributed by atoms with Crippen molar-refractivity contribution in [2.75, 3.05) is 13.2 Å². The van der Waals surface area contributed by atoms with Crippen LogP contribution in [0.2, 0.25) is 0 Å². The lowest BCUT2D eigenvalue weighted by Crippen LogP contribution is -2.35. The van der Waals surface area contributed by atoms with Crippen LogP contribution in [0, 0.1) is 0 Å². The van der Waals surface area contributed by atoms with Gasteiger partial charge in [-0.05, 0) is 32.7 Å². The molecule has 0 radical (unpaired) electrons. The van der Waals surface area contributed by atoms with Gasteiger partial charge in [0.25, 0.3) is 0 Å². The number of amidine groups is 1. The largest absolute Gasteiger partial charge is 0.409 e. The highest BCUT2D eigenvalue weighted by atomic mass is 16.5. The van der Waals surface area contributed by atoms with Crippen LogP contribution in [0.15, 0.2) is 5.16 Å². The molecule has 1 aliphatic rings. The Kier molecular flexibility index (Phi) is 5.42. The molecule has 0 spiro atoms. The van der Waals surface area contributed by atoms with E-state index in [1.165, 1.54) is 0 Å². The van der Waals surface area contributed by atoms with Crippen LogP contribution in [-0.2, 0) is 4.74 Å². The standard InChI is InChI=1S/C10H21N3O2/c1-8-9(5-7-15-8)12-6-3-2-4-10(11)13-14/h8-9,12,14H,2-7H2,1H3,(H2,11,13). The minimum atomic E-state index is 0.313. The first kappa shape index (κ1) is 12.3. The van der Waals surface area contributed by atoms with Gasteiger partial charge in [-0.2, -0.15) is 0 Å². The number of hydrogen-bond donors (Lipinski definition) is 3. The van der Waals surface area contributed by atoms with E-state index in [-0.39, 0.29) is 0 Å². The van der Waals surface area contributed by atoms with Crippen LogP contribution in [0.25, 0.3) is 0 Å². The van der Waals surface area contributed by atoms with Crippen molar-refractivity contribution in [1.29, 1.82) is 0 Å². The Morgan fingerprint density at radius 2 is 2.40 bits per heavy atom. The number of rotatable bonds is 6. The summed E-state index contributed by atoms with van der Waals surface area (Å²) in [6.45, 7) is 3.93. The lowest BCUT2D eigenvalue weighted by Gasteiger charge is -2.15. The summed E-state index contributed by atoms with van der Waals surface area (Å²) in [5.74, 6) is 0.313. The van der Waals surface area contributed by atoms with Crippen molar-refractivity contribution in [3.63, 3.8) is 0 Å². The van der Waals surface area contributed by atoms with Crippen molar-refractivity contribution in [1.82, 2.24) is 5.32 Å². The average Bonchev–Trinajstić information content (AvgIpc) is 2.63. The fraction of sp³-hybridized carbons (Fsp3) is 0.900. The molecule has 0 aliphatic carbocycles. The SMILES string of the molecule is CC1OCCC1NCCCCC(N)=NO. The summed E-state index contributed by atoms with van der Waals surface area (Å²) in [5.41, 5.74) is 5.36. The fourth-order valence-electron chi connectivity index (χ4n) is 1.77. The third-order valence-corrected chi connectivity index (χ3v) is 2.77. The van der Waals surface area contributed by atoms with Crippen molar-refractivity contribution in [3.05, 3.63) is 0 Å². The minimum absolute atomic E-state index is 0.313. The molecule has 0 aromatic heterocycles. The van der Waals surface area contributed by atoms with Crippen LogP contribution >= 0.6 is 0 Å². The number of unbranched alkanes of at least 4 members (excludes halogenated alkanes) is 1. The topological polar surface area (TPSA) is 79.9 Å². The van der Waals surface area contributed by atoms with Gasteiger partial charge in [0, 0.05) is 19.1 Å². The number of hydrogen-bond acceptors (Lipinski definition) is 4. The molecule has 1 aliphatic heterocycles. The first-order chi connectivity index (χ1) is 7.24. The van der Waals surface area contributed by atoms with Crippen LogP contribution in [0.5, 0.6) is 0 Å². The molecule has 0 saturated carbocycles. The first-order valence-corrected chi connectivity index (χ1v) is 5.55. The van der Waals surface area contributed by atoms with E-state index in [0.29, 0.717) is 24.4 Å². The smallest absolute Gasteiger partial charge is 0.139 e. The highest BCUT2D eigenvalue weighted by molar-refractivity contribution is 5.79. The first-order valence-electron chi connectivity index (χ1n) is 5.55. The molecule has 1 heterocycles. The summed E-state index contributed by atoms with van der Waals surface area (Å²) in [5, 5.41) is 14.7. The van der Waals surface area contributed by atoms with Crippen molar-refractivity contribution >= 4 is 5.84 Å². The van der Waals surface area contributed by atoms with E-state index in [1.807, 2.05) is 0 Å². The van der Waals surface area contributed by atoms with Crippen molar-refractivity contribution in [2.45, 2.75) is 44.8 Å². The summed E-state index contributed by atoms with van der Waals surface area (Å²) in [7, 11) is 0. The van der Waals surface area contributed by atoms with Crippen LogP contribution in [0.1, 0.15) is 32.6 Å². The number of nitrogens with zero attached hydrogens (tertiary/aromatic N) is 1. The highest BCUT2D eigenvalue weighted by Gasteiger charge is 2.22. The van der Waals surface area contributed by atoms with Crippen LogP contribution in [0.3, 0.4) is 0 Å². The van der Waals surface area contributed by atoms with Gasteiger partial charge in [-0.25, -0.2) is 0 Å². The van der Waals surface area contributed by atoms with Crippen molar-refractivity contribution < 1.29 is 9.94 Å². The molecule has 0 aromatic rings. The monoisotopic (exact) mass is 215 g/mol. The van der Waals surface area contributed by atoms with Crippen LogP contribution < -0.4 is 11.1 Å². The van der Waals surface area contributed by atoms with E-state index in [2.05, 4.69) is 17.4 Å². The minimum Gasteiger partial charge on any atom is -0.409 e. The third kappa shape index (κ3) is 4.48. The number of oxime groups is 1. The Bertz CT molecular complexity index is 209. The van der Waals surface area contributed by atoms with E-state index in [0.717, 1.165) is 32.4 Å². The maximum Gasteiger partial charge on any atom is 0.139 e. The molecule has 1 saturated heterocycles. The summed E-state index contributed by atoms with van der Waals surface area (Å²) in [6.07, 6.45) is 4.08. The maximum atomic E-state index is 8.33. The lowest BCUT2D eigenvalue weighted by atomic mass is 10.1. The summed E-state index contributed by atoms with van der Waals surface area (Å²) < 4.78 is 5.44. The Hall–Kier alpha value is -0.810. The van der Waals surface area contributed by atoms with E-state index < -0.39 is 0 Å². The molecular formula is C10H21N3O2. The molecule has 88 valence electrons. The van der Waals surface area contributed by atoms with E-state index in [9.17, 15) is 0 Å². The van der Waals surface area contributed by atoms with E-state index in [4.69, 9.17) is 15.7 Å². The van der Waals surface area contributed by atoms with E-state index >= 15 is 0 Å². The number of nitrogens with one attached hydrogen (secondary N) is 1. The normalized spacial score (nSPS) is 27.1. The van der Waals surface area contributed by atoms with Crippen LogP contribution in [0.4, 0.5) is 0 Å². The molecule has 0 amide bonds. The summed E-state index contributed by atoms with van der Waals surface area (Å²) in [4.78, 5) is 0. The maximum absolute atomic E-state index is 8.33. The van der Waals surface area contributed by atoms with Gasteiger partial charge in [0.15, 0.2) is 0 Å². The predicted molar refractivity (Wildman–Crippen MR) is 59.1 cm³/mol.